The molecule has 2 N–H and O–H groups in total. The van der Waals surface area contributed by atoms with Gasteiger partial charge < -0.3 is 10.1 Å². The molecule has 98 valence electrons. The van der Waals surface area contributed by atoms with E-state index in [1.807, 2.05) is 0 Å². The summed E-state index contributed by atoms with van der Waals surface area (Å²) in [5, 5.41) is 4.17. The fourth-order valence-corrected chi connectivity index (χ4v) is 2.07. The maximum Gasteiger partial charge on any atom is 0.290 e. The van der Waals surface area contributed by atoms with E-state index >= 15 is 0 Å². The SMILES string of the molecule is COc1cccc(NC(=O)/C=C2\SC(=O)NC2=O)c1. The van der Waals surface area contributed by atoms with Crippen LogP contribution in [-0.2, 0) is 9.59 Å². The molecule has 1 aromatic carbocycles. The maximum atomic E-state index is 11.7. The number of nitrogens with one attached hydrogen (secondary N) is 2. The number of rotatable bonds is 3. The van der Waals surface area contributed by atoms with Gasteiger partial charge in [-0.05, 0) is 23.9 Å². The molecule has 0 atom stereocenters. The third-order valence-electron chi connectivity index (χ3n) is 2.24. The van der Waals surface area contributed by atoms with Crippen LogP contribution in [-0.4, -0.2) is 24.2 Å². The summed E-state index contributed by atoms with van der Waals surface area (Å²) in [5.74, 6) is -0.440. The molecule has 0 unspecified atom stereocenters. The highest BCUT2D eigenvalue weighted by molar-refractivity contribution is 8.18. The monoisotopic (exact) mass is 278 g/mol. The van der Waals surface area contributed by atoms with Crippen LogP contribution in [0.1, 0.15) is 0 Å². The second-order valence-corrected chi connectivity index (χ2v) is 4.59. The standard InChI is InChI=1S/C12H10N2O4S/c1-18-8-4-2-3-7(5-8)13-10(15)6-9-11(16)14-12(17)19-9/h2-6H,1H3,(H,13,15)(H,14,16,17)/b9-6-. The van der Waals surface area contributed by atoms with Crippen LogP contribution in [0, 0.1) is 0 Å². The van der Waals surface area contributed by atoms with Crippen LogP contribution in [0.25, 0.3) is 0 Å². The van der Waals surface area contributed by atoms with E-state index in [0.717, 1.165) is 6.08 Å². The van der Waals surface area contributed by atoms with Gasteiger partial charge in [-0.2, -0.15) is 0 Å². The highest BCUT2D eigenvalue weighted by Gasteiger charge is 2.25. The zero-order chi connectivity index (χ0) is 13.8. The van der Waals surface area contributed by atoms with Crippen LogP contribution in [0.3, 0.4) is 0 Å². The quantitative estimate of drug-likeness (QED) is 0.818. The molecule has 19 heavy (non-hydrogen) atoms. The molecule has 0 bridgehead atoms. The molecule has 7 heteroatoms. The normalized spacial score (nSPS) is 16.4. The molecule has 1 aliphatic rings. The van der Waals surface area contributed by atoms with Gasteiger partial charge in [0.15, 0.2) is 0 Å². The van der Waals surface area contributed by atoms with Crippen LogP contribution >= 0.6 is 11.8 Å². The Hall–Kier alpha value is -2.28. The molecule has 2 rings (SSSR count). The first-order chi connectivity index (χ1) is 9.08. The largest absolute Gasteiger partial charge is 0.497 e. The van der Waals surface area contributed by atoms with Gasteiger partial charge in [0.25, 0.3) is 11.1 Å². The van der Waals surface area contributed by atoms with E-state index in [1.54, 1.807) is 24.3 Å². The van der Waals surface area contributed by atoms with E-state index in [2.05, 4.69) is 10.6 Å². The van der Waals surface area contributed by atoms with Gasteiger partial charge in [-0.25, -0.2) is 0 Å². The van der Waals surface area contributed by atoms with Crippen LogP contribution in [0.2, 0.25) is 0 Å². The minimum Gasteiger partial charge on any atom is -0.497 e. The van der Waals surface area contributed by atoms with Gasteiger partial charge in [0.1, 0.15) is 5.75 Å². The highest BCUT2D eigenvalue weighted by atomic mass is 32.2. The van der Waals surface area contributed by atoms with Crippen molar-refractivity contribution in [1.82, 2.24) is 5.32 Å². The lowest BCUT2D eigenvalue weighted by atomic mass is 10.3. The number of amides is 3. The Morgan fingerprint density at radius 3 is 2.84 bits per heavy atom. The summed E-state index contributed by atoms with van der Waals surface area (Å²) in [6.45, 7) is 0. The Kier molecular flexibility index (Phi) is 3.86. The molecule has 0 spiro atoms. The number of imide groups is 1. The number of ether oxygens (including phenoxy) is 1. The summed E-state index contributed by atoms with van der Waals surface area (Å²) in [6, 6.07) is 6.80. The van der Waals surface area contributed by atoms with Crippen LogP contribution in [0.5, 0.6) is 5.75 Å². The van der Waals surface area contributed by atoms with Gasteiger partial charge in [0, 0.05) is 17.8 Å². The van der Waals surface area contributed by atoms with Crippen LogP contribution < -0.4 is 15.4 Å². The molecular weight excluding hydrogens is 268 g/mol. The minimum absolute atomic E-state index is 0.0744. The number of hydrogen-bond acceptors (Lipinski definition) is 5. The molecule has 3 amide bonds. The van der Waals surface area contributed by atoms with Gasteiger partial charge in [0.2, 0.25) is 5.91 Å². The Labute approximate surface area is 113 Å². The lowest BCUT2D eigenvalue weighted by Crippen LogP contribution is -2.18. The van der Waals surface area contributed by atoms with Crippen molar-refractivity contribution in [3.8, 4) is 5.75 Å². The summed E-state index contributed by atoms with van der Waals surface area (Å²) in [4.78, 5) is 33.9. The zero-order valence-electron chi connectivity index (χ0n) is 9.93. The molecule has 1 fully saturated rings. The molecule has 1 aromatic rings. The number of methoxy groups -OCH3 is 1. The average Bonchev–Trinajstić information content (AvgIpc) is 2.68. The fraction of sp³-hybridized carbons (Fsp3) is 0.0833. The van der Waals surface area contributed by atoms with Gasteiger partial charge in [-0.1, -0.05) is 6.07 Å². The number of carbonyl (C=O) groups excluding carboxylic acids is 3. The summed E-state index contributed by atoms with van der Waals surface area (Å²) in [6.07, 6.45) is 1.09. The first-order valence-electron chi connectivity index (χ1n) is 5.28. The summed E-state index contributed by atoms with van der Waals surface area (Å²) < 4.78 is 5.02. The van der Waals surface area contributed by atoms with Crippen molar-refractivity contribution in [2.24, 2.45) is 0 Å². The topological polar surface area (TPSA) is 84.5 Å². The molecule has 6 nitrogen and oxygen atoms in total. The van der Waals surface area contributed by atoms with Gasteiger partial charge in [-0.3, -0.25) is 19.7 Å². The zero-order valence-corrected chi connectivity index (χ0v) is 10.7. The third-order valence-corrected chi connectivity index (χ3v) is 3.05. The number of thioether (sulfide) groups is 1. The summed E-state index contributed by atoms with van der Waals surface area (Å²) in [7, 11) is 1.52. The number of benzene rings is 1. The Morgan fingerprint density at radius 2 is 2.21 bits per heavy atom. The number of hydrogen-bond donors (Lipinski definition) is 2. The van der Waals surface area contributed by atoms with Crippen LogP contribution in [0.15, 0.2) is 35.2 Å². The lowest BCUT2D eigenvalue weighted by Gasteiger charge is -2.04. The predicted molar refractivity (Wildman–Crippen MR) is 70.8 cm³/mol. The van der Waals surface area contributed by atoms with Crippen molar-refractivity contribution in [3.63, 3.8) is 0 Å². The van der Waals surface area contributed by atoms with Crippen molar-refractivity contribution >= 4 is 34.5 Å². The molecule has 0 radical (unpaired) electrons. The van der Waals surface area contributed by atoms with Crippen LogP contribution in [0.4, 0.5) is 10.5 Å². The minimum atomic E-state index is -0.559. The van der Waals surface area contributed by atoms with E-state index in [1.165, 1.54) is 7.11 Å². The van der Waals surface area contributed by atoms with E-state index in [-0.39, 0.29) is 4.91 Å². The number of anilines is 1. The first kappa shape index (κ1) is 13.2. The smallest absolute Gasteiger partial charge is 0.290 e. The lowest BCUT2D eigenvalue weighted by molar-refractivity contribution is -0.116. The van der Waals surface area contributed by atoms with E-state index in [0.29, 0.717) is 23.2 Å². The second-order valence-electron chi connectivity index (χ2n) is 3.57. The van der Waals surface area contributed by atoms with Crippen molar-refractivity contribution in [2.45, 2.75) is 0 Å². The molecule has 1 saturated heterocycles. The Morgan fingerprint density at radius 1 is 1.42 bits per heavy atom. The van der Waals surface area contributed by atoms with Crippen molar-refractivity contribution in [1.29, 1.82) is 0 Å². The van der Waals surface area contributed by atoms with Gasteiger partial charge in [-0.15, -0.1) is 0 Å². The second kappa shape index (κ2) is 5.57. The van der Waals surface area contributed by atoms with Crippen molar-refractivity contribution in [3.05, 3.63) is 35.2 Å². The average molecular weight is 278 g/mol. The number of carbonyl (C=O) groups is 3. The Bertz CT molecular complexity index is 583. The maximum absolute atomic E-state index is 11.7. The predicted octanol–water partition coefficient (Wildman–Crippen LogP) is 1.50. The third kappa shape index (κ3) is 3.35. The molecule has 0 aromatic heterocycles. The fourth-order valence-electron chi connectivity index (χ4n) is 1.42. The molecule has 0 saturated carbocycles. The Balaban J connectivity index is 2.07. The summed E-state index contributed by atoms with van der Waals surface area (Å²) in [5.41, 5.74) is 0.538. The molecular formula is C12H10N2O4S. The van der Waals surface area contributed by atoms with Gasteiger partial charge >= 0.3 is 0 Å². The van der Waals surface area contributed by atoms with E-state index in [9.17, 15) is 14.4 Å². The molecule has 0 aliphatic carbocycles. The van der Waals surface area contributed by atoms with Crippen molar-refractivity contribution in [2.75, 3.05) is 12.4 Å². The highest BCUT2D eigenvalue weighted by Crippen LogP contribution is 2.23. The summed E-state index contributed by atoms with van der Waals surface area (Å²) >= 11 is 0.696. The molecule has 1 aliphatic heterocycles. The van der Waals surface area contributed by atoms with Crippen molar-refractivity contribution < 1.29 is 19.1 Å². The van der Waals surface area contributed by atoms with E-state index in [4.69, 9.17) is 4.74 Å². The van der Waals surface area contributed by atoms with E-state index < -0.39 is 17.1 Å². The molecule has 1 heterocycles. The first-order valence-corrected chi connectivity index (χ1v) is 6.10. The van der Waals surface area contributed by atoms with Gasteiger partial charge in [0.05, 0.1) is 12.0 Å².